The fourth-order valence-corrected chi connectivity index (χ4v) is 2.03. The van der Waals surface area contributed by atoms with Crippen molar-refractivity contribution >= 4 is 5.71 Å². The predicted octanol–water partition coefficient (Wildman–Crippen LogP) is 3.69. The molecule has 0 radical (unpaired) electrons. The van der Waals surface area contributed by atoms with Crippen LogP contribution in [-0.4, -0.2) is 10.6 Å². The molecule has 20 heavy (non-hydrogen) atoms. The molecule has 1 N–H and O–H groups in total. The van der Waals surface area contributed by atoms with Crippen LogP contribution in [0.4, 0.5) is 0 Å². The maximum atomic E-state index is 11.3. The van der Waals surface area contributed by atoms with E-state index < -0.39 is 11.0 Å². The van der Waals surface area contributed by atoms with E-state index in [1.165, 1.54) is 0 Å². The van der Waals surface area contributed by atoms with E-state index in [0.29, 0.717) is 11.1 Å². The van der Waals surface area contributed by atoms with E-state index in [4.69, 9.17) is 5.41 Å². The lowest BCUT2D eigenvalue weighted by Crippen LogP contribution is -2.21. The molecule has 0 amide bonds. The highest BCUT2D eigenvalue weighted by molar-refractivity contribution is 6.01. The maximum absolute atomic E-state index is 11.3. The van der Waals surface area contributed by atoms with Crippen LogP contribution >= 0.6 is 0 Å². The minimum absolute atomic E-state index is 0.0128. The average Bonchev–Trinajstić information content (AvgIpc) is 2.41. The molecule has 4 nitrogen and oxygen atoms in total. The van der Waals surface area contributed by atoms with Gasteiger partial charge in [-0.2, -0.15) is 0 Å². The van der Waals surface area contributed by atoms with Gasteiger partial charge in [-0.25, -0.2) is 0 Å². The summed E-state index contributed by atoms with van der Waals surface area (Å²) < 4.78 is 0. The van der Waals surface area contributed by atoms with Gasteiger partial charge in [0.15, 0.2) is 0 Å². The second-order valence-corrected chi connectivity index (χ2v) is 4.88. The van der Waals surface area contributed by atoms with Gasteiger partial charge in [-0.3, -0.25) is 15.5 Å². The number of nitrogens with zero attached hydrogens (tertiary/aromatic N) is 1. The van der Waals surface area contributed by atoms with Crippen LogP contribution in [0.15, 0.2) is 48.5 Å². The zero-order valence-corrected chi connectivity index (χ0v) is 11.5. The van der Waals surface area contributed by atoms with Crippen molar-refractivity contribution in [3.8, 4) is 0 Å². The Morgan fingerprint density at radius 2 is 1.45 bits per heavy atom. The van der Waals surface area contributed by atoms with E-state index in [1.807, 2.05) is 38.1 Å². The monoisotopic (exact) mass is 268 g/mol. The Morgan fingerprint density at radius 1 is 1.00 bits per heavy atom. The number of nitrogens with one attached hydrogen (secondary N) is 1. The number of aryl methyl sites for hydroxylation is 2. The predicted molar refractivity (Wildman–Crippen MR) is 78.9 cm³/mol. The molecular formula is C16H16N2O2. The molecule has 4 heteroatoms. The number of benzene rings is 2. The Hall–Kier alpha value is -2.49. The minimum Gasteiger partial charge on any atom is -0.297 e. The summed E-state index contributed by atoms with van der Waals surface area (Å²) in [6.45, 7) is 3.87. The molecule has 0 aliphatic carbocycles. The maximum Gasteiger partial charge on any atom is 0.279 e. The number of nitro groups is 1. The lowest BCUT2D eigenvalue weighted by atomic mass is 9.96. The summed E-state index contributed by atoms with van der Waals surface area (Å²) in [6.07, 6.45) is 0. The van der Waals surface area contributed by atoms with Gasteiger partial charge in [-0.1, -0.05) is 59.7 Å². The normalized spacial score (nSPS) is 11.9. The molecule has 102 valence electrons. The first-order valence-electron chi connectivity index (χ1n) is 6.34. The molecule has 0 aromatic heterocycles. The fraction of sp³-hybridized carbons (Fsp3) is 0.188. The molecule has 0 bridgehead atoms. The molecule has 0 aliphatic heterocycles. The third-order valence-electron chi connectivity index (χ3n) is 3.24. The van der Waals surface area contributed by atoms with E-state index in [0.717, 1.165) is 11.1 Å². The Labute approximate surface area is 117 Å². The number of hydrogen-bond acceptors (Lipinski definition) is 3. The van der Waals surface area contributed by atoms with E-state index in [2.05, 4.69) is 0 Å². The summed E-state index contributed by atoms with van der Waals surface area (Å²) in [5.74, 6) is 0. The van der Waals surface area contributed by atoms with Crippen LogP contribution in [0.1, 0.15) is 28.3 Å². The molecule has 0 spiro atoms. The molecular weight excluding hydrogens is 252 g/mol. The van der Waals surface area contributed by atoms with Gasteiger partial charge in [0, 0.05) is 16.1 Å². The van der Waals surface area contributed by atoms with Crippen LogP contribution in [-0.2, 0) is 0 Å². The first-order valence-corrected chi connectivity index (χ1v) is 6.34. The van der Waals surface area contributed by atoms with Gasteiger partial charge in [0.2, 0.25) is 0 Å². The van der Waals surface area contributed by atoms with E-state index >= 15 is 0 Å². The second-order valence-electron chi connectivity index (χ2n) is 4.88. The number of hydrogen-bond donors (Lipinski definition) is 1. The second kappa shape index (κ2) is 5.65. The van der Waals surface area contributed by atoms with Gasteiger partial charge in [0.1, 0.15) is 5.71 Å². The van der Waals surface area contributed by atoms with Crippen molar-refractivity contribution in [3.05, 3.63) is 80.9 Å². The quantitative estimate of drug-likeness (QED) is 0.522. The fourth-order valence-electron chi connectivity index (χ4n) is 2.03. The lowest BCUT2D eigenvalue weighted by molar-refractivity contribution is -0.508. The van der Waals surface area contributed by atoms with Gasteiger partial charge >= 0.3 is 0 Å². The molecule has 0 saturated heterocycles. The number of rotatable bonds is 4. The summed E-state index contributed by atoms with van der Waals surface area (Å²) in [6, 6.07) is 13.2. The first-order chi connectivity index (χ1) is 9.49. The van der Waals surface area contributed by atoms with Gasteiger partial charge in [0.05, 0.1) is 0 Å². The zero-order chi connectivity index (χ0) is 14.7. The zero-order valence-electron chi connectivity index (χ0n) is 11.5. The van der Waals surface area contributed by atoms with Crippen molar-refractivity contribution in [2.45, 2.75) is 19.9 Å². The van der Waals surface area contributed by atoms with Crippen molar-refractivity contribution in [3.63, 3.8) is 0 Å². The highest BCUT2D eigenvalue weighted by atomic mass is 16.6. The van der Waals surface area contributed by atoms with Crippen molar-refractivity contribution in [1.29, 1.82) is 5.41 Å². The van der Waals surface area contributed by atoms with E-state index in [1.54, 1.807) is 24.3 Å². The summed E-state index contributed by atoms with van der Waals surface area (Å²) in [7, 11) is 0. The van der Waals surface area contributed by atoms with Crippen LogP contribution in [0.3, 0.4) is 0 Å². The van der Waals surface area contributed by atoms with Crippen LogP contribution in [0, 0.1) is 29.4 Å². The van der Waals surface area contributed by atoms with Crippen LogP contribution in [0.5, 0.6) is 0 Å². The van der Waals surface area contributed by atoms with Crippen molar-refractivity contribution in [2.24, 2.45) is 0 Å². The first kappa shape index (κ1) is 13.9. The Morgan fingerprint density at radius 3 is 1.90 bits per heavy atom. The summed E-state index contributed by atoms with van der Waals surface area (Å²) >= 11 is 0. The molecule has 2 aromatic rings. The highest BCUT2D eigenvalue weighted by Gasteiger charge is 2.29. The standard InChI is InChI=1S/C16H16N2O2/c1-11-3-7-13(8-4-11)15(17)16(18(19)20)14-9-5-12(2)6-10-14/h3-10,16-17H,1-2H3. The molecule has 0 fully saturated rings. The van der Waals surface area contributed by atoms with Crippen molar-refractivity contribution in [1.82, 2.24) is 0 Å². The summed E-state index contributed by atoms with van der Waals surface area (Å²) in [5, 5.41) is 19.5. The molecule has 2 aromatic carbocycles. The van der Waals surface area contributed by atoms with Crippen LogP contribution in [0.2, 0.25) is 0 Å². The minimum atomic E-state index is -1.13. The molecule has 0 saturated carbocycles. The molecule has 0 aliphatic rings. The topological polar surface area (TPSA) is 67.0 Å². The Bertz CT molecular complexity index is 631. The van der Waals surface area contributed by atoms with E-state index in [9.17, 15) is 10.1 Å². The van der Waals surface area contributed by atoms with Gasteiger partial charge in [0.25, 0.3) is 6.04 Å². The van der Waals surface area contributed by atoms with Crippen LogP contribution in [0.25, 0.3) is 0 Å². The smallest absolute Gasteiger partial charge is 0.279 e. The SMILES string of the molecule is Cc1ccc(C(=N)C(c2ccc(C)cc2)[N+](=O)[O-])cc1. The summed E-state index contributed by atoms with van der Waals surface area (Å²) in [5.41, 5.74) is 3.23. The Kier molecular flexibility index (Phi) is 3.94. The average molecular weight is 268 g/mol. The lowest BCUT2D eigenvalue weighted by Gasteiger charge is -2.12. The van der Waals surface area contributed by atoms with Gasteiger partial charge < -0.3 is 0 Å². The van der Waals surface area contributed by atoms with E-state index in [-0.39, 0.29) is 5.71 Å². The van der Waals surface area contributed by atoms with Crippen LogP contribution < -0.4 is 0 Å². The molecule has 1 unspecified atom stereocenters. The van der Waals surface area contributed by atoms with Gasteiger partial charge in [-0.15, -0.1) is 0 Å². The molecule has 0 heterocycles. The molecule has 1 atom stereocenters. The highest BCUT2D eigenvalue weighted by Crippen LogP contribution is 2.22. The van der Waals surface area contributed by atoms with Crippen molar-refractivity contribution < 1.29 is 4.92 Å². The Balaban J connectivity index is 2.38. The molecule has 2 rings (SSSR count). The van der Waals surface area contributed by atoms with Crippen molar-refractivity contribution in [2.75, 3.05) is 0 Å². The largest absolute Gasteiger partial charge is 0.297 e. The third kappa shape index (κ3) is 2.91. The van der Waals surface area contributed by atoms with Gasteiger partial charge in [-0.05, 0) is 13.8 Å². The summed E-state index contributed by atoms with van der Waals surface area (Å²) in [4.78, 5) is 10.9. The third-order valence-corrected chi connectivity index (χ3v) is 3.24.